The number of likely N-dealkylation sites (N-methyl/N-ethyl adjacent to an activating group) is 1. The van der Waals surface area contributed by atoms with Gasteiger partial charge in [-0.05, 0) is 39.3 Å². The van der Waals surface area contributed by atoms with Gasteiger partial charge >= 0.3 is 5.91 Å². The smallest absolute Gasteiger partial charge is 0.301 e. The van der Waals surface area contributed by atoms with Crippen molar-refractivity contribution in [3.8, 4) is 0 Å². The Kier molecular flexibility index (Phi) is 4.01. The fraction of sp³-hybridized carbons (Fsp3) is 0.667. The number of hydrogen-bond donors (Lipinski definition) is 2. The lowest BCUT2D eigenvalue weighted by atomic mass is 10.1. The fourth-order valence-electron chi connectivity index (χ4n) is 3.66. The van der Waals surface area contributed by atoms with E-state index >= 15 is 0 Å². The summed E-state index contributed by atoms with van der Waals surface area (Å²) in [5.74, 6) is 5.96. The second-order valence-electron chi connectivity index (χ2n) is 6.27. The van der Waals surface area contributed by atoms with Crippen molar-refractivity contribution in [3.63, 3.8) is 0 Å². The van der Waals surface area contributed by atoms with Gasteiger partial charge in [0.05, 0.1) is 6.54 Å². The second-order valence-corrected chi connectivity index (χ2v) is 6.27. The molecule has 2 unspecified atom stereocenters. The van der Waals surface area contributed by atoms with Crippen molar-refractivity contribution in [2.24, 2.45) is 5.84 Å². The van der Waals surface area contributed by atoms with E-state index in [2.05, 4.69) is 22.3 Å². The Bertz CT molecular complexity index is 528. The van der Waals surface area contributed by atoms with E-state index in [-0.39, 0.29) is 5.91 Å². The number of carbonyl (C=O) groups is 1. The highest BCUT2D eigenvalue weighted by atomic mass is 16.4. The van der Waals surface area contributed by atoms with Crippen LogP contribution in [-0.4, -0.2) is 47.9 Å². The molecule has 2 atom stereocenters. The van der Waals surface area contributed by atoms with E-state index in [0.29, 0.717) is 11.8 Å². The number of hydrogen-bond acceptors (Lipinski definition) is 5. The topological polar surface area (TPSA) is 74.7 Å². The molecular weight excluding hydrogens is 268 g/mol. The molecule has 3 rings (SSSR count). The summed E-state index contributed by atoms with van der Waals surface area (Å²) in [5, 5.41) is 0. The fourth-order valence-corrected chi connectivity index (χ4v) is 3.66. The first-order valence-corrected chi connectivity index (χ1v) is 7.63. The third-order valence-corrected chi connectivity index (χ3v) is 4.92. The SMILES string of the molecule is Cc1cc(CN2CCC3CCC(C2)N3C)oc1C(=O)NN. The van der Waals surface area contributed by atoms with E-state index in [0.717, 1.165) is 37.0 Å². The predicted octanol–water partition coefficient (Wildman–Crippen LogP) is 0.860. The molecule has 2 aliphatic rings. The zero-order valence-corrected chi connectivity index (χ0v) is 12.8. The molecule has 0 radical (unpaired) electrons. The Morgan fingerprint density at radius 2 is 2.19 bits per heavy atom. The molecular formula is C15H24N4O2. The van der Waals surface area contributed by atoms with Crippen LogP contribution < -0.4 is 11.3 Å². The molecule has 2 aliphatic heterocycles. The van der Waals surface area contributed by atoms with Crippen molar-refractivity contribution in [1.82, 2.24) is 15.2 Å². The van der Waals surface area contributed by atoms with Crippen molar-refractivity contribution in [2.45, 2.75) is 44.8 Å². The zero-order valence-electron chi connectivity index (χ0n) is 12.8. The monoisotopic (exact) mass is 292 g/mol. The van der Waals surface area contributed by atoms with Crippen LogP contribution >= 0.6 is 0 Å². The molecule has 1 aromatic rings. The molecule has 0 aliphatic carbocycles. The maximum atomic E-state index is 11.6. The van der Waals surface area contributed by atoms with Crippen LogP contribution in [0.2, 0.25) is 0 Å². The lowest BCUT2D eigenvalue weighted by molar-refractivity contribution is 0.0920. The Balaban J connectivity index is 1.68. The number of nitrogens with zero attached hydrogens (tertiary/aromatic N) is 2. The number of furan rings is 1. The zero-order chi connectivity index (χ0) is 15.0. The molecule has 2 fully saturated rings. The highest BCUT2D eigenvalue weighted by molar-refractivity contribution is 5.92. The predicted molar refractivity (Wildman–Crippen MR) is 79.6 cm³/mol. The normalized spacial score (nSPS) is 26.8. The van der Waals surface area contributed by atoms with Crippen molar-refractivity contribution < 1.29 is 9.21 Å². The third-order valence-electron chi connectivity index (χ3n) is 4.92. The average Bonchev–Trinajstić information content (AvgIpc) is 2.93. The van der Waals surface area contributed by atoms with Gasteiger partial charge in [-0.1, -0.05) is 0 Å². The molecule has 2 saturated heterocycles. The molecule has 0 aromatic carbocycles. The van der Waals surface area contributed by atoms with Crippen molar-refractivity contribution in [3.05, 3.63) is 23.2 Å². The van der Waals surface area contributed by atoms with Crippen LogP contribution in [0.3, 0.4) is 0 Å². The summed E-state index contributed by atoms with van der Waals surface area (Å²) in [4.78, 5) is 16.6. The van der Waals surface area contributed by atoms with E-state index in [4.69, 9.17) is 10.3 Å². The number of hydrazine groups is 1. The Morgan fingerprint density at radius 1 is 1.43 bits per heavy atom. The molecule has 0 saturated carbocycles. The number of likely N-dealkylation sites (tertiary alicyclic amines) is 1. The maximum Gasteiger partial charge on any atom is 0.301 e. The summed E-state index contributed by atoms with van der Waals surface area (Å²) >= 11 is 0. The van der Waals surface area contributed by atoms with Crippen LogP contribution in [0.15, 0.2) is 10.5 Å². The van der Waals surface area contributed by atoms with E-state index in [1.165, 1.54) is 19.3 Å². The van der Waals surface area contributed by atoms with Crippen molar-refractivity contribution in [1.29, 1.82) is 0 Å². The number of nitrogen functional groups attached to an aromatic ring is 1. The first-order chi connectivity index (χ1) is 10.1. The lowest BCUT2D eigenvalue weighted by Crippen LogP contribution is -2.36. The van der Waals surface area contributed by atoms with Gasteiger partial charge in [0, 0.05) is 30.7 Å². The summed E-state index contributed by atoms with van der Waals surface area (Å²) in [6.07, 6.45) is 3.83. The van der Waals surface area contributed by atoms with E-state index in [9.17, 15) is 4.79 Å². The molecule has 6 nitrogen and oxygen atoms in total. The third kappa shape index (κ3) is 2.84. The summed E-state index contributed by atoms with van der Waals surface area (Å²) in [7, 11) is 2.24. The van der Waals surface area contributed by atoms with Crippen molar-refractivity contribution >= 4 is 5.91 Å². The average molecular weight is 292 g/mol. The standard InChI is InChI=1S/C15H24N4O2/c1-10-7-13(21-14(10)15(20)17-16)9-19-6-5-11-3-4-12(8-19)18(11)2/h7,11-12H,3-6,8-9,16H2,1-2H3,(H,17,20). The number of fused-ring (bicyclic) bond motifs is 2. The lowest BCUT2D eigenvalue weighted by Gasteiger charge is -2.24. The Morgan fingerprint density at radius 3 is 2.95 bits per heavy atom. The molecule has 116 valence electrons. The highest BCUT2D eigenvalue weighted by Crippen LogP contribution is 2.29. The molecule has 1 amide bonds. The molecule has 2 bridgehead atoms. The van der Waals surface area contributed by atoms with Gasteiger partial charge in [-0.25, -0.2) is 5.84 Å². The van der Waals surface area contributed by atoms with Crippen LogP contribution in [0.4, 0.5) is 0 Å². The minimum atomic E-state index is -0.367. The maximum absolute atomic E-state index is 11.6. The second kappa shape index (κ2) is 5.79. The van der Waals surface area contributed by atoms with Gasteiger partial charge in [-0.2, -0.15) is 0 Å². The van der Waals surface area contributed by atoms with Crippen LogP contribution in [-0.2, 0) is 6.54 Å². The Hall–Kier alpha value is -1.37. The van der Waals surface area contributed by atoms with Gasteiger partial charge in [-0.15, -0.1) is 0 Å². The molecule has 6 heteroatoms. The largest absolute Gasteiger partial charge is 0.454 e. The van der Waals surface area contributed by atoms with Gasteiger partial charge < -0.3 is 4.42 Å². The number of carbonyl (C=O) groups excluding carboxylic acids is 1. The quantitative estimate of drug-likeness (QED) is 0.491. The van der Waals surface area contributed by atoms with Gasteiger partial charge in [0.25, 0.3) is 0 Å². The summed E-state index contributed by atoms with van der Waals surface area (Å²) in [6.45, 7) is 4.79. The summed E-state index contributed by atoms with van der Waals surface area (Å²) in [5.41, 5.74) is 2.96. The van der Waals surface area contributed by atoms with E-state index in [1.54, 1.807) is 0 Å². The van der Waals surface area contributed by atoms with E-state index < -0.39 is 0 Å². The van der Waals surface area contributed by atoms with Crippen molar-refractivity contribution in [2.75, 3.05) is 20.1 Å². The number of rotatable bonds is 3. The number of amides is 1. The minimum Gasteiger partial charge on any atom is -0.454 e. The first kappa shape index (κ1) is 14.6. The van der Waals surface area contributed by atoms with E-state index in [1.807, 2.05) is 13.0 Å². The van der Waals surface area contributed by atoms with Crippen LogP contribution in [0, 0.1) is 6.92 Å². The van der Waals surface area contributed by atoms with Crippen LogP contribution in [0.5, 0.6) is 0 Å². The molecule has 1 aromatic heterocycles. The molecule has 3 N–H and O–H groups in total. The van der Waals surface area contributed by atoms with Gasteiger partial charge in [0.1, 0.15) is 5.76 Å². The van der Waals surface area contributed by atoms with Gasteiger partial charge in [0.15, 0.2) is 5.76 Å². The Labute approximate surface area is 125 Å². The molecule has 0 spiro atoms. The van der Waals surface area contributed by atoms with Gasteiger partial charge in [0.2, 0.25) is 0 Å². The summed E-state index contributed by atoms with van der Waals surface area (Å²) in [6, 6.07) is 3.33. The number of nitrogens with one attached hydrogen (secondary N) is 1. The highest BCUT2D eigenvalue weighted by Gasteiger charge is 2.34. The molecule has 21 heavy (non-hydrogen) atoms. The first-order valence-electron chi connectivity index (χ1n) is 7.63. The van der Waals surface area contributed by atoms with Gasteiger partial charge in [-0.3, -0.25) is 20.0 Å². The minimum absolute atomic E-state index is 0.320. The van der Waals surface area contributed by atoms with Crippen LogP contribution in [0.25, 0.3) is 0 Å². The van der Waals surface area contributed by atoms with Crippen LogP contribution in [0.1, 0.15) is 41.1 Å². The molecule has 3 heterocycles. The number of aryl methyl sites for hydroxylation is 1. The number of nitrogens with two attached hydrogens (primary N) is 1. The summed E-state index contributed by atoms with van der Waals surface area (Å²) < 4.78 is 5.67.